The normalized spacial score (nSPS) is 14.1. The van der Waals surface area contributed by atoms with E-state index in [-0.39, 0.29) is 5.63 Å². The van der Waals surface area contributed by atoms with Gasteiger partial charge in [-0.1, -0.05) is 18.2 Å². The minimum Gasteiger partial charge on any atom is -0.423 e. The van der Waals surface area contributed by atoms with E-state index >= 15 is 0 Å². The van der Waals surface area contributed by atoms with Crippen molar-refractivity contribution in [1.29, 1.82) is 0 Å². The van der Waals surface area contributed by atoms with E-state index in [1.165, 1.54) is 25.3 Å². The quantitative estimate of drug-likeness (QED) is 0.651. The van der Waals surface area contributed by atoms with Crippen molar-refractivity contribution < 1.29 is 4.42 Å². The first-order chi connectivity index (χ1) is 8.36. The van der Waals surface area contributed by atoms with E-state index < -0.39 is 0 Å². The molecule has 3 rings (SSSR count). The fourth-order valence-electron chi connectivity index (χ4n) is 1.63. The highest BCUT2D eigenvalue weighted by atomic mass is 16.4. The molecule has 1 aliphatic heterocycles. The predicted octanol–water partition coefficient (Wildman–Crippen LogP) is 3.03. The fourth-order valence-corrected chi connectivity index (χ4v) is 1.63. The smallest absolute Gasteiger partial charge is 0.336 e. The van der Waals surface area contributed by atoms with Crippen LogP contribution >= 0.6 is 0 Å². The standard InChI is InChI=1S/C9H6O2.C5H9N/c10-9-6-5-7-3-1-2-4-8(7)11-9;1-2-4-6-5-3-1/h1-6H;4H,1-3,5H2. The van der Waals surface area contributed by atoms with E-state index in [4.69, 9.17) is 4.42 Å². The van der Waals surface area contributed by atoms with Gasteiger partial charge >= 0.3 is 5.63 Å². The van der Waals surface area contributed by atoms with Gasteiger partial charge in [-0.3, -0.25) is 4.99 Å². The van der Waals surface area contributed by atoms with Crippen molar-refractivity contribution in [2.24, 2.45) is 4.99 Å². The number of rotatable bonds is 0. The van der Waals surface area contributed by atoms with Crippen molar-refractivity contribution >= 4 is 17.2 Å². The highest BCUT2D eigenvalue weighted by molar-refractivity contribution is 5.75. The van der Waals surface area contributed by atoms with Crippen LogP contribution in [0.25, 0.3) is 11.0 Å². The topological polar surface area (TPSA) is 42.6 Å². The summed E-state index contributed by atoms with van der Waals surface area (Å²) in [6, 6.07) is 10.6. The van der Waals surface area contributed by atoms with Crippen LogP contribution < -0.4 is 5.63 Å². The molecule has 2 aromatic rings. The molecule has 0 aliphatic carbocycles. The molecule has 0 N–H and O–H groups in total. The molecule has 17 heavy (non-hydrogen) atoms. The summed E-state index contributed by atoms with van der Waals surface area (Å²) in [5, 5.41) is 0.951. The highest BCUT2D eigenvalue weighted by Crippen LogP contribution is 2.08. The molecule has 0 unspecified atom stereocenters. The van der Waals surface area contributed by atoms with Crippen LogP contribution in [0, 0.1) is 0 Å². The first-order valence-corrected chi connectivity index (χ1v) is 5.83. The molecule has 0 saturated heterocycles. The van der Waals surface area contributed by atoms with Crippen LogP contribution in [-0.4, -0.2) is 12.8 Å². The maximum atomic E-state index is 10.7. The molecule has 0 spiro atoms. The molecule has 0 radical (unpaired) electrons. The molecule has 88 valence electrons. The third-order valence-electron chi connectivity index (χ3n) is 2.53. The van der Waals surface area contributed by atoms with Gasteiger partial charge in [-0.2, -0.15) is 0 Å². The van der Waals surface area contributed by atoms with E-state index in [0.717, 1.165) is 11.9 Å². The fraction of sp³-hybridized carbons (Fsp3) is 0.286. The lowest BCUT2D eigenvalue weighted by Crippen LogP contribution is -1.93. The van der Waals surface area contributed by atoms with Crippen molar-refractivity contribution in [2.75, 3.05) is 6.54 Å². The number of para-hydroxylation sites is 1. The Labute approximate surface area is 99.8 Å². The molecule has 0 saturated carbocycles. The first-order valence-electron chi connectivity index (χ1n) is 5.83. The van der Waals surface area contributed by atoms with Crippen molar-refractivity contribution in [3.8, 4) is 0 Å². The zero-order valence-corrected chi connectivity index (χ0v) is 9.63. The van der Waals surface area contributed by atoms with Gasteiger partial charge in [-0.25, -0.2) is 4.79 Å². The van der Waals surface area contributed by atoms with Crippen molar-refractivity contribution in [2.45, 2.75) is 19.3 Å². The third kappa shape index (κ3) is 3.55. The first kappa shape index (κ1) is 11.6. The Bertz CT molecular complexity index is 549. The van der Waals surface area contributed by atoms with E-state index in [0.29, 0.717) is 5.58 Å². The number of fused-ring (bicyclic) bond motifs is 1. The highest BCUT2D eigenvalue weighted by Gasteiger charge is 1.92. The lowest BCUT2D eigenvalue weighted by Gasteiger charge is -1.97. The van der Waals surface area contributed by atoms with Gasteiger partial charge in [-0.05, 0) is 37.6 Å². The summed E-state index contributed by atoms with van der Waals surface area (Å²) >= 11 is 0. The van der Waals surface area contributed by atoms with E-state index in [2.05, 4.69) is 4.99 Å². The lowest BCUT2D eigenvalue weighted by molar-refractivity contribution is 0.561. The van der Waals surface area contributed by atoms with Crippen LogP contribution in [0.4, 0.5) is 0 Å². The van der Waals surface area contributed by atoms with Crippen molar-refractivity contribution in [3.63, 3.8) is 0 Å². The molecular weight excluding hydrogens is 214 g/mol. The summed E-state index contributed by atoms with van der Waals surface area (Å²) in [4.78, 5) is 14.8. The van der Waals surface area contributed by atoms with Crippen LogP contribution in [-0.2, 0) is 0 Å². The maximum Gasteiger partial charge on any atom is 0.336 e. The largest absolute Gasteiger partial charge is 0.423 e. The molecule has 3 nitrogen and oxygen atoms in total. The molecule has 0 atom stereocenters. The van der Waals surface area contributed by atoms with E-state index in [1.807, 2.05) is 24.4 Å². The molecule has 3 heteroatoms. The minimum atomic E-state index is -0.302. The second-order valence-corrected chi connectivity index (χ2v) is 3.88. The number of aliphatic imine (C=N–C) groups is 1. The SMILES string of the molecule is C1=NCCCC1.O=c1ccc2ccccc2o1. The number of hydrogen-bond acceptors (Lipinski definition) is 3. The van der Waals surface area contributed by atoms with Gasteiger partial charge in [-0.15, -0.1) is 0 Å². The predicted molar refractivity (Wildman–Crippen MR) is 69.7 cm³/mol. The summed E-state index contributed by atoms with van der Waals surface area (Å²) in [5.74, 6) is 0. The molecule has 0 amide bonds. The van der Waals surface area contributed by atoms with Gasteiger partial charge in [0.15, 0.2) is 0 Å². The summed E-state index contributed by atoms with van der Waals surface area (Å²) in [6.45, 7) is 1.07. The number of hydrogen-bond donors (Lipinski definition) is 0. The Morgan fingerprint density at radius 2 is 1.94 bits per heavy atom. The Balaban J connectivity index is 0.000000153. The number of nitrogens with zero attached hydrogens (tertiary/aromatic N) is 1. The van der Waals surface area contributed by atoms with E-state index in [9.17, 15) is 4.79 Å². The van der Waals surface area contributed by atoms with Crippen molar-refractivity contribution in [1.82, 2.24) is 0 Å². The van der Waals surface area contributed by atoms with Gasteiger partial charge in [0.05, 0.1) is 0 Å². The average molecular weight is 229 g/mol. The summed E-state index contributed by atoms with van der Waals surface area (Å²) in [7, 11) is 0. The van der Waals surface area contributed by atoms with Crippen LogP contribution in [0.2, 0.25) is 0 Å². The van der Waals surface area contributed by atoms with Gasteiger partial charge in [0.2, 0.25) is 0 Å². The van der Waals surface area contributed by atoms with Gasteiger partial charge in [0.25, 0.3) is 0 Å². The average Bonchev–Trinajstić information content (AvgIpc) is 2.41. The molecule has 0 fully saturated rings. The minimum absolute atomic E-state index is 0.302. The van der Waals surface area contributed by atoms with Gasteiger partial charge < -0.3 is 4.42 Å². The zero-order chi connectivity index (χ0) is 11.9. The molecule has 1 aromatic heterocycles. The Morgan fingerprint density at radius 3 is 2.59 bits per heavy atom. The van der Waals surface area contributed by atoms with Crippen molar-refractivity contribution in [3.05, 3.63) is 46.8 Å². The summed E-state index contributed by atoms with van der Waals surface area (Å²) in [5.41, 5.74) is 0.337. The van der Waals surface area contributed by atoms with E-state index in [1.54, 1.807) is 12.1 Å². The summed E-state index contributed by atoms with van der Waals surface area (Å²) in [6.07, 6.45) is 5.88. The number of benzene rings is 1. The molecular formula is C14H15NO2. The second-order valence-electron chi connectivity index (χ2n) is 3.88. The molecule has 1 aromatic carbocycles. The van der Waals surface area contributed by atoms with Crippen LogP contribution in [0.5, 0.6) is 0 Å². The molecule has 0 bridgehead atoms. The monoisotopic (exact) mass is 229 g/mol. The van der Waals surface area contributed by atoms with Crippen LogP contribution in [0.15, 0.2) is 50.6 Å². The Morgan fingerprint density at radius 1 is 1.06 bits per heavy atom. The maximum absolute atomic E-state index is 10.7. The van der Waals surface area contributed by atoms with Gasteiger partial charge in [0.1, 0.15) is 5.58 Å². The Hall–Kier alpha value is -1.90. The van der Waals surface area contributed by atoms with Crippen LogP contribution in [0.1, 0.15) is 19.3 Å². The Kier molecular flexibility index (Phi) is 4.08. The molecule has 1 aliphatic rings. The lowest BCUT2D eigenvalue weighted by atomic mass is 10.2. The molecule has 2 heterocycles. The van der Waals surface area contributed by atoms with Crippen LogP contribution in [0.3, 0.4) is 0 Å². The second kappa shape index (κ2) is 5.99. The third-order valence-corrected chi connectivity index (χ3v) is 2.53. The zero-order valence-electron chi connectivity index (χ0n) is 9.63. The summed E-state index contributed by atoms with van der Waals surface area (Å²) < 4.78 is 4.91. The van der Waals surface area contributed by atoms with Gasteiger partial charge in [0, 0.05) is 18.0 Å².